The van der Waals surface area contributed by atoms with Crippen molar-refractivity contribution in [1.29, 1.82) is 0 Å². The van der Waals surface area contributed by atoms with Crippen LogP contribution < -0.4 is 10.9 Å². The first-order chi connectivity index (χ1) is 14.5. The third-order valence-corrected chi connectivity index (χ3v) is 4.33. The summed E-state index contributed by atoms with van der Waals surface area (Å²) in [6.07, 6.45) is 3.13. The molecule has 2 N–H and O–H groups in total. The van der Waals surface area contributed by atoms with Crippen molar-refractivity contribution in [2.75, 3.05) is 19.0 Å². The van der Waals surface area contributed by atoms with Gasteiger partial charge < -0.3 is 15.2 Å². The van der Waals surface area contributed by atoms with Crippen molar-refractivity contribution in [1.82, 2.24) is 14.8 Å². The Morgan fingerprint density at radius 3 is 2.50 bits per heavy atom. The Bertz CT molecular complexity index is 1120. The molecular formula is C21H20N4O5. The second-order valence-electron chi connectivity index (χ2n) is 6.34. The topological polar surface area (TPSA) is 123 Å². The molecule has 0 saturated heterocycles. The van der Waals surface area contributed by atoms with Gasteiger partial charge in [0.25, 0.3) is 5.56 Å². The Balaban J connectivity index is 2.16. The zero-order chi connectivity index (χ0) is 21.7. The number of nitrogens with one attached hydrogen (secondary N) is 1. The van der Waals surface area contributed by atoms with Crippen LogP contribution in [0.5, 0.6) is 0 Å². The molecule has 0 spiro atoms. The van der Waals surface area contributed by atoms with Crippen LogP contribution in [0.1, 0.15) is 27.6 Å². The molecule has 3 aromatic rings. The van der Waals surface area contributed by atoms with Crippen molar-refractivity contribution < 1.29 is 19.4 Å². The van der Waals surface area contributed by atoms with Crippen molar-refractivity contribution in [2.24, 2.45) is 0 Å². The number of anilines is 2. The summed E-state index contributed by atoms with van der Waals surface area (Å²) in [5.41, 5.74) is 1.24. The van der Waals surface area contributed by atoms with Gasteiger partial charge >= 0.3 is 5.97 Å². The first-order valence-electron chi connectivity index (χ1n) is 9.09. The molecule has 154 valence electrons. The Morgan fingerprint density at radius 1 is 1.20 bits per heavy atom. The summed E-state index contributed by atoms with van der Waals surface area (Å²) < 4.78 is 5.77. The molecule has 3 rings (SSSR count). The maximum atomic E-state index is 13.0. The van der Waals surface area contributed by atoms with Crippen LogP contribution in [0.25, 0.3) is 11.3 Å². The highest BCUT2D eigenvalue weighted by Crippen LogP contribution is 2.27. The van der Waals surface area contributed by atoms with Crippen molar-refractivity contribution in [2.45, 2.75) is 13.5 Å². The second kappa shape index (κ2) is 9.10. The van der Waals surface area contributed by atoms with Crippen molar-refractivity contribution in [3.63, 3.8) is 0 Å². The lowest BCUT2D eigenvalue weighted by Gasteiger charge is -2.16. The van der Waals surface area contributed by atoms with Crippen LogP contribution in [0.15, 0.2) is 53.6 Å². The van der Waals surface area contributed by atoms with Gasteiger partial charge in [0.2, 0.25) is 0 Å². The van der Waals surface area contributed by atoms with E-state index in [1.54, 1.807) is 30.5 Å². The van der Waals surface area contributed by atoms with Gasteiger partial charge in [0.05, 0.1) is 31.4 Å². The van der Waals surface area contributed by atoms with Gasteiger partial charge in [-0.05, 0) is 43.3 Å². The van der Waals surface area contributed by atoms with Crippen LogP contribution in [0.3, 0.4) is 0 Å². The van der Waals surface area contributed by atoms with E-state index in [0.29, 0.717) is 16.8 Å². The number of Topliss-reactive ketones (excluding diaryl/α,β-unsaturated/α-hetero) is 1. The molecule has 30 heavy (non-hydrogen) atoms. The molecule has 0 amide bonds. The molecule has 0 aliphatic rings. The average Bonchev–Trinajstić information content (AvgIpc) is 2.76. The van der Waals surface area contributed by atoms with E-state index in [9.17, 15) is 19.5 Å². The summed E-state index contributed by atoms with van der Waals surface area (Å²) in [7, 11) is 1.29. The SMILES string of the molecule is COC(=O)c1ccc(Nc2c(C(C)=O)c(-c3cccnc3)nn(CCO)c2=O)cc1. The Labute approximate surface area is 172 Å². The third-order valence-electron chi connectivity index (χ3n) is 4.33. The van der Waals surface area contributed by atoms with Gasteiger partial charge in [0.15, 0.2) is 5.78 Å². The smallest absolute Gasteiger partial charge is 0.337 e. The summed E-state index contributed by atoms with van der Waals surface area (Å²) in [6.45, 7) is 1.00. The van der Waals surface area contributed by atoms with Gasteiger partial charge in [-0.25, -0.2) is 9.48 Å². The maximum Gasteiger partial charge on any atom is 0.337 e. The molecule has 0 fully saturated rings. The Hall–Kier alpha value is -3.85. The highest BCUT2D eigenvalue weighted by atomic mass is 16.5. The molecule has 0 aliphatic heterocycles. The number of esters is 1. The van der Waals surface area contributed by atoms with E-state index in [-0.39, 0.29) is 35.9 Å². The molecular weight excluding hydrogens is 388 g/mol. The largest absolute Gasteiger partial charge is 0.465 e. The monoisotopic (exact) mass is 408 g/mol. The predicted octanol–water partition coefficient (Wildman–Crippen LogP) is 2.03. The number of hydrogen-bond donors (Lipinski definition) is 2. The fraction of sp³-hybridized carbons (Fsp3) is 0.190. The van der Waals surface area contributed by atoms with Gasteiger partial charge in [0, 0.05) is 23.6 Å². The van der Waals surface area contributed by atoms with Gasteiger partial charge in [-0.1, -0.05) is 0 Å². The molecule has 9 heteroatoms. The fourth-order valence-corrected chi connectivity index (χ4v) is 2.93. The highest BCUT2D eigenvalue weighted by Gasteiger charge is 2.22. The minimum Gasteiger partial charge on any atom is -0.465 e. The normalized spacial score (nSPS) is 10.5. The van der Waals surface area contributed by atoms with Crippen molar-refractivity contribution in [3.05, 3.63) is 70.3 Å². The van der Waals surface area contributed by atoms with Gasteiger partial charge in [-0.15, -0.1) is 0 Å². The lowest BCUT2D eigenvalue weighted by atomic mass is 10.0. The molecule has 2 aromatic heterocycles. The average molecular weight is 408 g/mol. The number of pyridine rings is 1. The number of carbonyl (C=O) groups excluding carboxylic acids is 2. The quantitative estimate of drug-likeness (QED) is 0.450. The molecule has 9 nitrogen and oxygen atoms in total. The van der Waals surface area contributed by atoms with Crippen LogP contribution in [0.2, 0.25) is 0 Å². The van der Waals surface area contributed by atoms with Gasteiger partial charge in [0.1, 0.15) is 11.4 Å². The molecule has 0 aliphatic carbocycles. The molecule has 0 bridgehead atoms. The summed E-state index contributed by atoms with van der Waals surface area (Å²) in [4.78, 5) is 41.1. The zero-order valence-electron chi connectivity index (χ0n) is 16.5. The first-order valence-corrected chi connectivity index (χ1v) is 9.09. The first kappa shape index (κ1) is 20.9. The molecule has 2 heterocycles. The number of hydrogen-bond acceptors (Lipinski definition) is 8. The third kappa shape index (κ3) is 4.26. The Kier molecular flexibility index (Phi) is 6.33. The van der Waals surface area contributed by atoms with Crippen molar-refractivity contribution >= 4 is 23.1 Å². The lowest BCUT2D eigenvalue weighted by molar-refractivity contribution is 0.0600. The molecule has 0 unspecified atom stereocenters. The van der Waals surface area contributed by atoms with Crippen LogP contribution in [0, 0.1) is 0 Å². The number of aliphatic hydroxyl groups is 1. The van der Waals surface area contributed by atoms with Gasteiger partial charge in [-0.3, -0.25) is 14.6 Å². The number of aliphatic hydroxyl groups excluding tert-OH is 1. The summed E-state index contributed by atoms with van der Waals surface area (Å²) >= 11 is 0. The van der Waals surface area contributed by atoms with E-state index >= 15 is 0 Å². The fourth-order valence-electron chi connectivity index (χ4n) is 2.93. The van der Waals surface area contributed by atoms with Gasteiger partial charge in [-0.2, -0.15) is 5.10 Å². The highest BCUT2D eigenvalue weighted by molar-refractivity contribution is 6.05. The minimum atomic E-state index is -0.557. The van der Waals surface area contributed by atoms with Crippen LogP contribution in [-0.2, 0) is 11.3 Å². The van der Waals surface area contributed by atoms with E-state index in [2.05, 4.69) is 20.1 Å². The number of carbonyl (C=O) groups is 2. The van der Waals surface area contributed by atoms with E-state index in [1.165, 1.54) is 32.4 Å². The zero-order valence-corrected chi connectivity index (χ0v) is 16.5. The van der Waals surface area contributed by atoms with Crippen LogP contribution >= 0.6 is 0 Å². The molecule has 1 aromatic carbocycles. The predicted molar refractivity (Wildman–Crippen MR) is 110 cm³/mol. The van der Waals surface area contributed by atoms with E-state index in [4.69, 9.17) is 0 Å². The molecule has 0 atom stereocenters. The lowest BCUT2D eigenvalue weighted by Crippen LogP contribution is -2.29. The Morgan fingerprint density at radius 2 is 1.93 bits per heavy atom. The number of ether oxygens (including phenoxy) is 1. The second-order valence-corrected chi connectivity index (χ2v) is 6.34. The maximum absolute atomic E-state index is 13.0. The number of ketones is 1. The standard InChI is InChI=1S/C21H20N4O5/c1-13(27)17-18(15-4-3-9-22-12-15)24-25(10-11-26)20(28)19(17)23-16-7-5-14(6-8-16)21(29)30-2/h3-9,12,23,26H,10-11H2,1-2H3. The summed E-state index contributed by atoms with van der Waals surface area (Å²) in [5, 5.41) is 16.6. The number of rotatable bonds is 7. The summed E-state index contributed by atoms with van der Waals surface area (Å²) in [5.74, 6) is -0.845. The minimum absolute atomic E-state index is 0.0237. The van der Waals surface area contributed by atoms with Crippen molar-refractivity contribution in [3.8, 4) is 11.3 Å². The van der Waals surface area contributed by atoms with Crippen LogP contribution in [-0.4, -0.2) is 45.3 Å². The molecule has 0 saturated carbocycles. The van der Waals surface area contributed by atoms with E-state index in [1.807, 2.05) is 0 Å². The molecule has 0 radical (unpaired) electrons. The van der Waals surface area contributed by atoms with Crippen LogP contribution in [0.4, 0.5) is 11.4 Å². The number of aromatic nitrogens is 3. The number of methoxy groups -OCH3 is 1. The number of nitrogens with zero attached hydrogens (tertiary/aromatic N) is 3. The van der Waals surface area contributed by atoms with E-state index < -0.39 is 11.5 Å². The number of benzene rings is 1. The van der Waals surface area contributed by atoms with E-state index in [0.717, 1.165) is 4.68 Å². The summed E-state index contributed by atoms with van der Waals surface area (Å²) in [6, 6.07) is 9.69.